The van der Waals surface area contributed by atoms with Crippen molar-refractivity contribution in [2.75, 3.05) is 5.32 Å². The first kappa shape index (κ1) is 15.4. The van der Waals surface area contributed by atoms with Crippen LogP contribution in [-0.4, -0.2) is 32.6 Å². The van der Waals surface area contributed by atoms with E-state index in [0.29, 0.717) is 24.5 Å². The molecule has 0 fully saturated rings. The summed E-state index contributed by atoms with van der Waals surface area (Å²) in [5, 5.41) is 19.8. The molecule has 0 bridgehead atoms. The van der Waals surface area contributed by atoms with Crippen LogP contribution in [0.4, 0.5) is 10.1 Å². The minimum absolute atomic E-state index is 0.151. The zero-order valence-electron chi connectivity index (χ0n) is 13.2. The van der Waals surface area contributed by atoms with Gasteiger partial charge in [0.15, 0.2) is 0 Å². The molecule has 0 saturated carbocycles. The maximum atomic E-state index is 13.4. The summed E-state index contributed by atoms with van der Waals surface area (Å²) in [6.45, 7) is 0.546. The van der Waals surface area contributed by atoms with Gasteiger partial charge in [-0.2, -0.15) is 5.21 Å². The van der Waals surface area contributed by atoms with Crippen molar-refractivity contribution in [3.8, 4) is 11.4 Å². The lowest BCUT2D eigenvalue weighted by molar-refractivity contribution is -0.118. The molecule has 0 saturated heterocycles. The van der Waals surface area contributed by atoms with Crippen LogP contribution in [0.5, 0.6) is 0 Å². The third kappa shape index (κ3) is 3.24. The van der Waals surface area contributed by atoms with Gasteiger partial charge in [0, 0.05) is 17.8 Å². The summed E-state index contributed by atoms with van der Waals surface area (Å²) >= 11 is 0. The average Bonchev–Trinajstić information content (AvgIpc) is 3.16. The molecule has 0 unspecified atom stereocenters. The molecule has 1 aromatic heterocycles. The van der Waals surface area contributed by atoms with Crippen LogP contribution < -0.4 is 10.6 Å². The van der Waals surface area contributed by atoms with Crippen molar-refractivity contribution in [1.29, 1.82) is 0 Å². The number of nitrogens with zero attached hydrogens (tertiary/aromatic N) is 3. The van der Waals surface area contributed by atoms with Crippen LogP contribution in [0.2, 0.25) is 0 Å². The molecule has 1 amide bonds. The number of aromatic nitrogens is 4. The Hall–Kier alpha value is -3.13. The van der Waals surface area contributed by atoms with Gasteiger partial charge in [0.2, 0.25) is 11.7 Å². The Morgan fingerprint density at radius 3 is 2.76 bits per heavy atom. The van der Waals surface area contributed by atoms with Crippen LogP contribution in [0.1, 0.15) is 11.1 Å². The van der Waals surface area contributed by atoms with Crippen molar-refractivity contribution in [2.24, 2.45) is 0 Å². The van der Waals surface area contributed by atoms with E-state index in [9.17, 15) is 9.18 Å². The summed E-state index contributed by atoms with van der Waals surface area (Å²) in [6, 6.07) is 11.5. The Morgan fingerprint density at radius 1 is 1.16 bits per heavy atom. The fourth-order valence-corrected chi connectivity index (χ4v) is 2.88. The second-order valence-corrected chi connectivity index (χ2v) is 5.85. The van der Waals surface area contributed by atoms with Crippen molar-refractivity contribution in [2.45, 2.75) is 19.0 Å². The minimum Gasteiger partial charge on any atom is -0.325 e. The van der Waals surface area contributed by atoms with Crippen LogP contribution in [0.15, 0.2) is 42.5 Å². The number of hydrogen-bond donors (Lipinski definition) is 3. The molecule has 1 aliphatic heterocycles. The topological polar surface area (TPSA) is 95.6 Å². The lowest BCUT2D eigenvalue weighted by atomic mass is 9.95. The van der Waals surface area contributed by atoms with E-state index in [0.717, 1.165) is 16.7 Å². The average molecular weight is 338 g/mol. The zero-order valence-corrected chi connectivity index (χ0v) is 13.2. The van der Waals surface area contributed by atoms with Crippen molar-refractivity contribution in [3.63, 3.8) is 0 Å². The van der Waals surface area contributed by atoms with E-state index in [1.807, 2.05) is 0 Å². The van der Waals surface area contributed by atoms with Gasteiger partial charge in [-0.1, -0.05) is 6.07 Å². The molecule has 1 aliphatic rings. The first-order valence-electron chi connectivity index (χ1n) is 7.84. The molecule has 3 aromatic rings. The number of halogens is 1. The van der Waals surface area contributed by atoms with Gasteiger partial charge in [0.1, 0.15) is 5.82 Å². The van der Waals surface area contributed by atoms with Crippen LogP contribution >= 0.6 is 0 Å². The second kappa shape index (κ2) is 6.40. The summed E-state index contributed by atoms with van der Waals surface area (Å²) in [4.78, 5) is 12.5. The predicted octanol–water partition coefficient (Wildman–Crippen LogP) is 1.66. The predicted molar refractivity (Wildman–Crippen MR) is 89.0 cm³/mol. The van der Waals surface area contributed by atoms with Crippen molar-refractivity contribution < 1.29 is 9.18 Å². The maximum Gasteiger partial charge on any atom is 0.241 e. The molecule has 8 heteroatoms. The Morgan fingerprint density at radius 2 is 2.00 bits per heavy atom. The van der Waals surface area contributed by atoms with Gasteiger partial charge < -0.3 is 10.6 Å². The van der Waals surface area contributed by atoms with Crippen molar-refractivity contribution in [3.05, 3.63) is 59.4 Å². The number of carbonyl (C=O) groups is 1. The number of H-pyrrole nitrogens is 1. The number of anilines is 1. The summed E-state index contributed by atoms with van der Waals surface area (Å²) < 4.78 is 13.4. The molecule has 2 aromatic carbocycles. The van der Waals surface area contributed by atoms with Gasteiger partial charge in [0.05, 0.1) is 6.04 Å². The van der Waals surface area contributed by atoms with Crippen LogP contribution in [0, 0.1) is 5.82 Å². The highest BCUT2D eigenvalue weighted by Crippen LogP contribution is 2.20. The van der Waals surface area contributed by atoms with E-state index in [-0.39, 0.29) is 11.7 Å². The van der Waals surface area contributed by atoms with E-state index in [4.69, 9.17) is 0 Å². The first-order valence-corrected chi connectivity index (χ1v) is 7.84. The highest BCUT2D eigenvalue weighted by atomic mass is 19.1. The SMILES string of the molecule is O=C(Nc1ccc(-c2nn[nH]n2)cc1)[C@H]1Cc2cc(F)ccc2CN1. The molecule has 0 aliphatic carbocycles. The van der Waals surface area contributed by atoms with Crippen LogP contribution in [-0.2, 0) is 17.8 Å². The van der Waals surface area contributed by atoms with E-state index in [1.54, 1.807) is 30.3 Å². The summed E-state index contributed by atoms with van der Waals surface area (Å²) in [6.07, 6.45) is 0.458. The van der Waals surface area contributed by atoms with Crippen LogP contribution in [0.3, 0.4) is 0 Å². The molecule has 2 heterocycles. The van der Waals surface area contributed by atoms with Crippen molar-refractivity contribution >= 4 is 11.6 Å². The largest absolute Gasteiger partial charge is 0.325 e. The molecular weight excluding hydrogens is 323 g/mol. The molecule has 0 radical (unpaired) electrons. The molecule has 3 N–H and O–H groups in total. The summed E-state index contributed by atoms with van der Waals surface area (Å²) in [5.41, 5.74) is 3.36. The molecular formula is C17H15FN6O. The normalized spacial score (nSPS) is 16.3. The number of carbonyl (C=O) groups excluding carboxylic acids is 1. The quantitative estimate of drug-likeness (QED) is 0.675. The Balaban J connectivity index is 1.44. The molecule has 126 valence electrons. The van der Waals surface area contributed by atoms with Gasteiger partial charge >= 0.3 is 0 Å². The fourth-order valence-electron chi connectivity index (χ4n) is 2.88. The monoisotopic (exact) mass is 338 g/mol. The highest BCUT2D eigenvalue weighted by molar-refractivity contribution is 5.95. The maximum absolute atomic E-state index is 13.4. The van der Waals surface area contributed by atoms with E-state index < -0.39 is 6.04 Å². The lowest BCUT2D eigenvalue weighted by Gasteiger charge is -2.25. The molecule has 0 spiro atoms. The van der Waals surface area contributed by atoms with Gasteiger partial charge in [-0.15, -0.1) is 10.2 Å². The smallest absolute Gasteiger partial charge is 0.241 e. The third-order valence-electron chi connectivity index (χ3n) is 4.20. The second-order valence-electron chi connectivity index (χ2n) is 5.85. The Labute approximate surface area is 142 Å². The molecule has 25 heavy (non-hydrogen) atoms. The lowest BCUT2D eigenvalue weighted by Crippen LogP contribution is -2.44. The Bertz CT molecular complexity index is 894. The standard InChI is InChI=1S/C17H15FN6O/c18-13-4-1-11-9-19-15(8-12(11)7-13)17(25)20-14-5-2-10(3-6-14)16-21-23-24-22-16/h1-7,15,19H,8-9H2,(H,20,25)(H,21,22,23,24)/t15-/m1/s1. The molecule has 1 atom stereocenters. The number of nitrogens with one attached hydrogen (secondary N) is 3. The summed E-state index contributed by atoms with van der Waals surface area (Å²) in [5.74, 6) is 0.0598. The molecule has 7 nitrogen and oxygen atoms in total. The first-order chi connectivity index (χ1) is 12.2. The van der Waals surface area contributed by atoms with Gasteiger partial charge in [0.25, 0.3) is 0 Å². The zero-order chi connectivity index (χ0) is 17.2. The van der Waals surface area contributed by atoms with Gasteiger partial charge in [-0.3, -0.25) is 4.79 Å². The number of aromatic amines is 1. The van der Waals surface area contributed by atoms with Gasteiger partial charge in [-0.05, 0) is 59.2 Å². The number of hydrogen-bond acceptors (Lipinski definition) is 5. The van der Waals surface area contributed by atoms with E-state index in [2.05, 4.69) is 31.3 Å². The minimum atomic E-state index is -0.397. The summed E-state index contributed by atoms with van der Waals surface area (Å²) in [7, 11) is 0. The number of amides is 1. The van der Waals surface area contributed by atoms with Crippen molar-refractivity contribution in [1.82, 2.24) is 25.9 Å². The number of rotatable bonds is 3. The number of benzene rings is 2. The highest BCUT2D eigenvalue weighted by Gasteiger charge is 2.24. The van der Waals surface area contributed by atoms with Crippen LogP contribution in [0.25, 0.3) is 11.4 Å². The van der Waals surface area contributed by atoms with E-state index in [1.165, 1.54) is 12.1 Å². The van der Waals surface area contributed by atoms with Gasteiger partial charge in [-0.25, -0.2) is 4.39 Å². The molecule has 4 rings (SSSR count). The van der Waals surface area contributed by atoms with E-state index >= 15 is 0 Å². The Kier molecular flexibility index (Phi) is 3.95. The fraction of sp³-hybridized carbons (Fsp3) is 0.176. The number of fused-ring (bicyclic) bond motifs is 1. The number of tetrazole rings is 1. The third-order valence-corrected chi connectivity index (χ3v) is 4.20.